The lowest BCUT2D eigenvalue weighted by Crippen LogP contribution is -2.46. The van der Waals surface area contributed by atoms with Crippen molar-refractivity contribution in [2.45, 2.75) is 39.3 Å². The molecule has 2 amide bonds. The molecule has 3 N–H and O–H groups in total. The molecule has 0 saturated carbocycles. The molecule has 0 aliphatic carbocycles. The van der Waals surface area contributed by atoms with Crippen molar-refractivity contribution in [2.75, 3.05) is 11.9 Å². The Morgan fingerprint density at radius 3 is 2.95 bits per heavy atom. The maximum absolute atomic E-state index is 12.3. The van der Waals surface area contributed by atoms with E-state index in [4.69, 9.17) is 5.73 Å². The Morgan fingerprint density at radius 1 is 1.42 bits per heavy atom. The van der Waals surface area contributed by atoms with Gasteiger partial charge >= 0.3 is 6.03 Å². The number of carbonyl (C=O) groups excluding carboxylic acids is 1. The summed E-state index contributed by atoms with van der Waals surface area (Å²) < 4.78 is 0. The second-order valence-electron chi connectivity index (χ2n) is 5.52. The van der Waals surface area contributed by atoms with Gasteiger partial charge in [0, 0.05) is 24.8 Å². The van der Waals surface area contributed by atoms with Crippen LogP contribution in [0.1, 0.15) is 32.3 Å². The topological polar surface area (TPSA) is 58.4 Å². The van der Waals surface area contributed by atoms with E-state index in [1.807, 2.05) is 29.2 Å². The van der Waals surface area contributed by atoms with Crippen molar-refractivity contribution in [3.63, 3.8) is 0 Å². The molecule has 1 aliphatic heterocycles. The van der Waals surface area contributed by atoms with E-state index in [-0.39, 0.29) is 6.03 Å². The summed E-state index contributed by atoms with van der Waals surface area (Å²) in [5.41, 5.74) is 7.45. The summed E-state index contributed by atoms with van der Waals surface area (Å²) in [4.78, 5) is 14.2. The van der Waals surface area contributed by atoms with Crippen molar-refractivity contribution < 1.29 is 4.79 Å². The molecule has 1 heterocycles. The van der Waals surface area contributed by atoms with E-state index >= 15 is 0 Å². The zero-order valence-corrected chi connectivity index (χ0v) is 11.7. The molecule has 2 rings (SSSR count). The smallest absolute Gasteiger partial charge is 0.322 e. The summed E-state index contributed by atoms with van der Waals surface area (Å²) in [6.45, 7) is 5.63. The van der Waals surface area contributed by atoms with Crippen LogP contribution in [0.4, 0.5) is 10.5 Å². The van der Waals surface area contributed by atoms with E-state index in [0.717, 1.165) is 24.2 Å². The van der Waals surface area contributed by atoms with Crippen molar-refractivity contribution in [3.8, 4) is 0 Å². The number of hydrogen-bond donors (Lipinski definition) is 2. The van der Waals surface area contributed by atoms with Crippen molar-refractivity contribution in [3.05, 3.63) is 29.8 Å². The maximum Gasteiger partial charge on any atom is 0.322 e. The number of nitrogens with zero attached hydrogens (tertiary/aromatic N) is 1. The lowest BCUT2D eigenvalue weighted by molar-refractivity contribution is 0.147. The van der Waals surface area contributed by atoms with Crippen LogP contribution in [0.2, 0.25) is 0 Å². The van der Waals surface area contributed by atoms with Crippen LogP contribution in [0, 0.1) is 5.92 Å². The highest BCUT2D eigenvalue weighted by Gasteiger charge is 2.26. The van der Waals surface area contributed by atoms with Crippen LogP contribution < -0.4 is 11.1 Å². The van der Waals surface area contributed by atoms with Crippen LogP contribution in [0.15, 0.2) is 24.3 Å². The van der Waals surface area contributed by atoms with Crippen molar-refractivity contribution in [1.29, 1.82) is 0 Å². The molecule has 2 atom stereocenters. The summed E-state index contributed by atoms with van der Waals surface area (Å²) in [6.07, 6.45) is 2.28. The molecule has 1 aliphatic rings. The lowest BCUT2D eigenvalue weighted by atomic mass is 9.95. The third kappa shape index (κ3) is 3.47. The number of nitrogens with two attached hydrogens (primary N) is 1. The quantitative estimate of drug-likeness (QED) is 0.860. The standard InChI is InChI=1S/C15H23N3O/c1-11-6-7-12(2)18(10-11)15(19)17-14-5-3-4-13(8-14)9-16/h3-5,8,11-12H,6-7,9-10,16H2,1-2H3,(H,17,19). The minimum atomic E-state index is -0.00628. The Bertz CT molecular complexity index is 447. The molecule has 2 unspecified atom stereocenters. The fraction of sp³-hybridized carbons (Fsp3) is 0.533. The number of nitrogens with one attached hydrogen (secondary N) is 1. The molecule has 0 radical (unpaired) electrons. The van der Waals surface area contributed by atoms with Gasteiger partial charge in [0.1, 0.15) is 0 Å². The Balaban J connectivity index is 2.03. The van der Waals surface area contributed by atoms with Crippen LogP contribution >= 0.6 is 0 Å². The molecule has 1 fully saturated rings. The number of rotatable bonds is 2. The SMILES string of the molecule is CC1CCC(C)N(C(=O)Nc2cccc(CN)c2)C1. The summed E-state index contributed by atoms with van der Waals surface area (Å²) in [6, 6.07) is 8.01. The van der Waals surface area contributed by atoms with Gasteiger partial charge in [0.2, 0.25) is 0 Å². The van der Waals surface area contributed by atoms with Crippen LogP contribution in [-0.2, 0) is 6.54 Å². The second-order valence-corrected chi connectivity index (χ2v) is 5.52. The molecule has 1 saturated heterocycles. The monoisotopic (exact) mass is 261 g/mol. The van der Waals surface area contributed by atoms with Crippen LogP contribution in [-0.4, -0.2) is 23.5 Å². The van der Waals surface area contributed by atoms with Gasteiger partial charge in [-0.05, 0) is 43.4 Å². The first-order valence-corrected chi connectivity index (χ1v) is 6.96. The van der Waals surface area contributed by atoms with Gasteiger partial charge in [0.15, 0.2) is 0 Å². The van der Waals surface area contributed by atoms with E-state index in [2.05, 4.69) is 19.2 Å². The molecule has 1 aromatic carbocycles. The number of carbonyl (C=O) groups is 1. The molecule has 0 spiro atoms. The Hall–Kier alpha value is -1.55. The first-order valence-electron chi connectivity index (χ1n) is 6.96. The highest BCUT2D eigenvalue weighted by atomic mass is 16.2. The molecule has 4 heteroatoms. The highest BCUT2D eigenvalue weighted by Crippen LogP contribution is 2.22. The third-order valence-electron chi connectivity index (χ3n) is 3.79. The van der Waals surface area contributed by atoms with Crippen molar-refractivity contribution >= 4 is 11.7 Å². The van der Waals surface area contributed by atoms with E-state index in [9.17, 15) is 4.79 Å². The number of anilines is 1. The molecule has 0 bridgehead atoms. The van der Waals surface area contributed by atoms with Gasteiger partial charge in [-0.1, -0.05) is 19.1 Å². The minimum Gasteiger partial charge on any atom is -0.326 e. The summed E-state index contributed by atoms with van der Waals surface area (Å²) in [5, 5.41) is 2.97. The van der Waals surface area contributed by atoms with Crippen LogP contribution in [0.25, 0.3) is 0 Å². The van der Waals surface area contributed by atoms with E-state index in [1.165, 1.54) is 6.42 Å². The normalized spacial score (nSPS) is 23.2. The minimum absolute atomic E-state index is 0.00628. The number of benzene rings is 1. The molecule has 1 aromatic rings. The zero-order valence-electron chi connectivity index (χ0n) is 11.7. The van der Waals surface area contributed by atoms with E-state index in [0.29, 0.717) is 18.5 Å². The molecular formula is C15H23N3O. The number of likely N-dealkylation sites (tertiary alicyclic amines) is 1. The van der Waals surface area contributed by atoms with Crippen LogP contribution in [0.5, 0.6) is 0 Å². The third-order valence-corrected chi connectivity index (χ3v) is 3.79. The average molecular weight is 261 g/mol. The predicted molar refractivity (Wildman–Crippen MR) is 77.9 cm³/mol. The van der Waals surface area contributed by atoms with Crippen LogP contribution in [0.3, 0.4) is 0 Å². The second kappa shape index (κ2) is 6.06. The van der Waals surface area contributed by atoms with Crippen molar-refractivity contribution in [2.24, 2.45) is 11.7 Å². The lowest BCUT2D eigenvalue weighted by Gasteiger charge is -2.36. The Kier molecular flexibility index (Phi) is 4.43. The summed E-state index contributed by atoms with van der Waals surface area (Å²) in [7, 11) is 0. The Labute approximate surface area is 115 Å². The number of urea groups is 1. The molecule has 19 heavy (non-hydrogen) atoms. The molecule has 0 aromatic heterocycles. The highest BCUT2D eigenvalue weighted by molar-refractivity contribution is 5.89. The van der Waals surface area contributed by atoms with E-state index < -0.39 is 0 Å². The zero-order chi connectivity index (χ0) is 13.8. The number of amides is 2. The molecular weight excluding hydrogens is 238 g/mol. The molecule has 4 nitrogen and oxygen atoms in total. The Morgan fingerprint density at radius 2 is 2.21 bits per heavy atom. The first-order chi connectivity index (χ1) is 9.10. The van der Waals surface area contributed by atoms with E-state index in [1.54, 1.807) is 0 Å². The van der Waals surface area contributed by atoms with Gasteiger partial charge in [-0.15, -0.1) is 0 Å². The maximum atomic E-state index is 12.3. The summed E-state index contributed by atoms with van der Waals surface area (Å²) in [5.74, 6) is 0.581. The largest absolute Gasteiger partial charge is 0.326 e. The van der Waals surface area contributed by atoms with Gasteiger partial charge in [0.05, 0.1) is 0 Å². The average Bonchev–Trinajstić information content (AvgIpc) is 2.41. The van der Waals surface area contributed by atoms with Gasteiger partial charge in [-0.3, -0.25) is 0 Å². The van der Waals surface area contributed by atoms with Gasteiger partial charge in [-0.25, -0.2) is 4.79 Å². The number of piperidine rings is 1. The predicted octanol–water partition coefficient (Wildman–Crippen LogP) is 2.80. The van der Waals surface area contributed by atoms with Gasteiger partial charge < -0.3 is 16.0 Å². The van der Waals surface area contributed by atoms with Gasteiger partial charge in [0.25, 0.3) is 0 Å². The summed E-state index contributed by atoms with van der Waals surface area (Å²) >= 11 is 0. The molecule has 104 valence electrons. The number of hydrogen-bond acceptors (Lipinski definition) is 2. The van der Waals surface area contributed by atoms with Crippen molar-refractivity contribution in [1.82, 2.24) is 4.90 Å². The fourth-order valence-electron chi connectivity index (χ4n) is 2.54. The fourth-order valence-corrected chi connectivity index (χ4v) is 2.54. The first kappa shape index (κ1) is 13.9. The van der Waals surface area contributed by atoms with Gasteiger partial charge in [-0.2, -0.15) is 0 Å².